The predicted octanol–water partition coefficient (Wildman–Crippen LogP) is 4.80. The summed E-state index contributed by atoms with van der Waals surface area (Å²) in [6, 6.07) is 15.7. The number of ether oxygens (including phenoxy) is 2. The van der Waals surface area contributed by atoms with E-state index < -0.39 is 0 Å². The molecular weight excluding hydrogens is 372 g/mol. The van der Waals surface area contributed by atoms with Gasteiger partial charge < -0.3 is 14.4 Å². The van der Waals surface area contributed by atoms with E-state index in [1.165, 1.54) is 11.3 Å². The molecule has 2 aromatic carbocycles. The zero-order valence-corrected chi connectivity index (χ0v) is 16.7. The molecule has 5 nitrogen and oxygen atoms in total. The number of rotatable bonds is 5. The maximum atomic E-state index is 13.1. The number of hydrogen-bond donors (Lipinski definition) is 0. The van der Waals surface area contributed by atoms with Gasteiger partial charge in [-0.3, -0.25) is 4.79 Å². The Morgan fingerprint density at radius 3 is 2.64 bits per heavy atom. The molecule has 2 heterocycles. The third kappa shape index (κ3) is 3.60. The molecule has 3 aromatic rings. The fraction of sp³-hybridized carbons (Fsp3) is 0.273. The van der Waals surface area contributed by atoms with E-state index in [0.717, 1.165) is 47.0 Å². The Balaban J connectivity index is 1.55. The predicted molar refractivity (Wildman–Crippen MR) is 110 cm³/mol. The van der Waals surface area contributed by atoms with Crippen LogP contribution < -0.4 is 9.47 Å². The maximum Gasteiger partial charge on any atom is 0.273 e. The molecule has 6 heteroatoms. The van der Waals surface area contributed by atoms with E-state index in [0.29, 0.717) is 5.69 Å². The number of carbonyl (C=O) groups excluding carboxylic acids is 1. The molecule has 0 N–H and O–H groups in total. The average molecular weight is 394 g/mol. The summed E-state index contributed by atoms with van der Waals surface area (Å²) in [4.78, 5) is 19.7. The minimum Gasteiger partial charge on any atom is -0.497 e. The van der Waals surface area contributed by atoms with Gasteiger partial charge in [0.05, 0.1) is 20.3 Å². The molecule has 1 aliphatic heterocycles. The molecular formula is C22H22N2O3S. The van der Waals surface area contributed by atoms with Gasteiger partial charge in [-0.2, -0.15) is 0 Å². The van der Waals surface area contributed by atoms with Crippen LogP contribution in [0.5, 0.6) is 11.5 Å². The Bertz CT molecular complexity index is 968. The number of methoxy groups -OCH3 is 2. The lowest BCUT2D eigenvalue weighted by atomic mass is 10.0. The van der Waals surface area contributed by atoms with Gasteiger partial charge in [0.25, 0.3) is 5.91 Å². The zero-order valence-electron chi connectivity index (χ0n) is 15.9. The molecule has 0 radical (unpaired) electrons. The number of benzene rings is 2. The van der Waals surface area contributed by atoms with Crippen molar-refractivity contribution in [2.75, 3.05) is 20.8 Å². The van der Waals surface area contributed by atoms with Crippen molar-refractivity contribution in [3.05, 3.63) is 65.2 Å². The van der Waals surface area contributed by atoms with Crippen molar-refractivity contribution in [2.45, 2.75) is 18.9 Å². The standard InChI is InChI=1S/C22H22N2O3S/c1-26-17-10-8-15(9-11-17)21-23-19(14-28-21)22(25)24-12-4-7-20(24)16-5-3-6-18(13-16)27-2/h3,5-6,8-11,13-14,20H,4,7,12H2,1-2H3/t20-/m1/s1. The highest BCUT2D eigenvalue weighted by atomic mass is 32.1. The molecule has 1 amide bonds. The Labute approximate surface area is 168 Å². The van der Waals surface area contributed by atoms with E-state index in [2.05, 4.69) is 11.1 Å². The van der Waals surface area contributed by atoms with Crippen molar-refractivity contribution in [3.63, 3.8) is 0 Å². The molecule has 0 unspecified atom stereocenters. The molecule has 1 fully saturated rings. The first-order chi connectivity index (χ1) is 13.7. The van der Waals surface area contributed by atoms with Crippen molar-refractivity contribution in [1.29, 1.82) is 0 Å². The summed E-state index contributed by atoms with van der Waals surface area (Å²) in [5.41, 5.74) is 2.59. The Hall–Kier alpha value is -2.86. The van der Waals surface area contributed by atoms with Gasteiger partial charge in [0.2, 0.25) is 0 Å². The zero-order chi connectivity index (χ0) is 19.5. The lowest BCUT2D eigenvalue weighted by molar-refractivity contribution is 0.0730. The van der Waals surface area contributed by atoms with Crippen molar-refractivity contribution in [3.8, 4) is 22.1 Å². The lowest BCUT2D eigenvalue weighted by Gasteiger charge is -2.24. The number of aromatic nitrogens is 1. The Morgan fingerprint density at radius 2 is 1.89 bits per heavy atom. The van der Waals surface area contributed by atoms with E-state index in [-0.39, 0.29) is 11.9 Å². The fourth-order valence-corrected chi connectivity index (χ4v) is 4.39. The Kier molecular flexibility index (Phi) is 5.30. The van der Waals surface area contributed by atoms with E-state index in [9.17, 15) is 4.79 Å². The molecule has 144 valence electrons. The third-order valence-electron chi connectivity index (χ3n) is 5.05. The summed E-state index contributed by atoms with van der Waals surface area (Å²) in [5, 5.41) is 2.69. The van der Waals surface area contributed by atoms with Gasteiger partial charge in [0, 0.05) is 17.5 Å². The smallest absolute Gasteiger partial charge is 0.273 e. The second-order valence-corrected chi connectivity index (χ2v) is 7.56. The summed E-state index contributed by atoms with van der Waals surface area (Å²) < 4.78 is 10.5. The fourth-order valence-electron chi connectivity index (χ4n) is 3.59. The number of hydrogen-bond acceptors (Lipinski definition) is 5. The van der Waals surface area contributed by atoms with Crippen LogP contribution in [0.25, 0.3) is 10.6 Å². The molecule has 0 saturated carbocycles. The van der Waals surface area contributed by atoms with Crippen LogP contribution in [-0.2, 0) is 0 Å². The molecule has 0 spiro atoms. The van der Waals surface area contributed by atoms with E-state index in [4.69, 9.17) is 9.47 Å². The Morgan fingerprint density at radius 1 is 1.11 bits per heavy atom. The SMILES string of the molecule is COc1ccc(-c2nc(C(=O)N3CCC[C@@H]3c3cccc(OC)c3)cs2)cc1. The van der Waals surface area contributed by atoms with E-state index in [1.54, 1.807) is 14.2 Å². The first-order valence-corrected chi connectivity index (χ1v) is 10.1. The summed E-state index contributed by atoms with van der Waals surface area (Å²) in [7, 11) is 3.30. The molecule has 1 aliphatic rings. The van der Waals surface area contributed by atoms with Crippen molar-refractivity contribution in [2.24, 2.45) is 0 Å². The number of carbonyl (C=O) groups is 1. The van der Waals surface area contributed by atoms with Crippen molar-refractivity contribution in [1.82, 2.24) is 9.88 Å². The molecule has 1 saturated heterocycles. The van der Waals surface area contributed by atoms with Gasteiger partial charge in [-0.1, -0.05) is 12.1 Å². The molecule has 1 aromatic heterocycles. The van der Waals surface area contributed by atoms with Crippen LogP contribution in [0.15, 0.2) is 53.9 Å². The monoisotopic (exact) mass is 394 g/mol. The summed E-state index contributed by atoms with van der Waals surface area (Å²) in [5.74, 6) is 1.60. The van der Waals surface area contributed by atoms with Gasteiger partial charge in [-0.05, 0) is 54.8 Å². The highest BCUT2D eigenvalue weighted by Gasteiger charge is 2.32. The van der Waals surface area contributed by atoms with Crippen molar-refractivity contribution < 1.29 is 14.3 Å². The molecule has 0 aliphatic carbocycles. The van der Waals surface area contributed by atoms with Crippen LogP contribution in [-0.4, -0.2) is 36.6 Å². The van der Waals surface area contributed by atoms with Gasteiger partial charge in [-0.15, -0.1) is 11.3 Å². The molecule has 28 heavy (non-hydrogen) atoms. The molecule has 0 bridgehead atoms. The highest BCUT2D eigenvalue weighted by molar-refractivity contribution is 7.13. The van der Waals surface area contributed by atoms with Gasteiger partial charge in [0.1, 0.15) is 22.2 Å². The van der Waals surface area contributed by atoms with Gasteiger partial charge >= 0.3 is 0 Å². The topological polar surface area (TPSA) is 51.7 Å². The second-order valence-electron chi connectivity index (χ2n) is 6.70. The average Bonchev–Trinajstić information content (AvgIpc) is 3.43. The number of likely N-dealkylation sites (tertiary alicyclic amines) is 1. The lowest BCUT2D eigenvalue weighted by Crippen LogP contribution is -2.30. The highest BCUT2D eigenvalue weighted by Crippen LogP contribution is 2.35. The quantitative estimate of drug-likeness (QED) is 0.623. The van der Waals surface area contributed by atoms with Crippen LogP contribution in [0.4, 0.5) is 0 Å². The van der Waals surface area contributed by atoms with Crippen LogP contribution in [0, 0.1) is 0 Å². The first-order valence-electron chi connectivity index (χ1n) is 9.24. The summed E-state index contributed by atoms with van der Waals surface area (Å²) in [6.07, 6.45) is 1.94. The largest absolute Gasteiger partial charge is 0.497 e. The van der Waals surface area contributed by atoms with E-state index >= 15 is 0 Å². The van der Waals surface area contributed by atoms with Gasteiger partial charge in [-0.25, -0.2) is 4.98 Å². The van der Waals surface area contributed by atoms with Gasteiger partial charge in [0.15, 0.2) is 0 Å². The second kappa shape index (κ2) is 8.02. The first kappa shape index (κ1) is 18.5. The van der Waals surface area contributed by atoms with E-state index in [1.807, 2.05) is 52.7 Å². The summed E-state index contributed by atoms with van der Waals surface area (Å²) in [6.45, 7) is 0.746. The van der Waals surface area contributed by atoms with Crippen LogP contribution >= 0.6 is 11.3 Å². The minimum absolute atomic E-state index is 0.0127. The number of amides is 1. The minimum atomic E-state index is -0.0127. The normalized spacial score (nSPS) is 16.2. The van der Waals surface area contributed by atoms with Crippen molar-refractivity contribution >= 4 is 17.2 Å². The summed E-state index contributed by atoms with van der Waals surface area (Å²) >= 11 is 1.49. The number of thiazole rings is 1. The maximum absolute atomic E-state index is 13.1. The van der Waals surface area contributed by atoms with Crippen LogP contribution in [0.1, 0.15) is 34.9 Å². The third-order valence-corrected chi connectivity index (χ3v) is 5.94. The van der Waals surface area contributed by atoms with Crippen LogP contribution in [0.3, 0.4) is 0 Å². The van der Waals surface area contributed by atoms with Crippen LogP contribution in [0.2, 0.25) is 0 Å². The molecule has 4 rings (SSSR count). The molecule has 1 atom stereocenters. The number of nitrogens with zero attached hydrogens (tertiary/aromatic N) is 2.